The number of alkyl halides is 1. The zero-order valence-corrected chi connectivity index (χ0v) is 9.96. The van der Waals surface area contributed by atoms with Gasteiger partial charge < -0.3 is 9.47 Å². The van der Waals surface area contributed by atoms with Crippen molar-refractivity contribution < 1.29 is 23.0 Å². The normalized spacial score (nSPS) is 12.0. The zero-order chi connectivity index (χ0) is 12.1. The number of carbonyl (C=O) groups excluding carboxylic acids is 1. The molecule has 0 saturated carbocycles. The summed E-state index contributed by atoms with van der Waals surface area (Å²) in [6.07, 6.45) is 0. The van der Waals surface area contributed by atoms with Crippen molar-refractivity contribution in [2.24, 2.45) is 0 Å². The molecule has 1 rings (SSSR count). The predicted octanol–water partition coefficient (Wildman–Crippen LogP) is 2.28. The highest BCUT2D eigenvalue weighted by atomic mass is 79.9. The lowest BCUT2D eigenvalue weighted by molar-refractivity contribution is -0.140. The van der Waals surface area contributed by atoms with Gasteiger partial charge in [0.1, 0.15) is 17.3 Å². The second kappa shape index (κ2) is 5.79. The summed E-state index contributed by atoms with van der Waals surface area (Å²) in [5, 5.41) is 0. The standard InChI is InChI=1S/C10H9BrF2O3/c1-15-10(14)7(11)5-16-9-4-6(12)2-3-8(9)13/h2-4,7H,5H2,1H3. The predicted molar refractivity (Wildman–Crippen MR) is 56.6 cm³/mol. The largest absolute Gasteiger partial charge is 0.489 e. The Morgan fingerprint density at radius 2 is 2.19 bits per heavy atom. The molecule has 16 heavy (non-hydrogen) atoms. The summed E-state index contributed by atoms with van der Waals surface area (Å²) in [5.74, 6) is -2.09. The van der Waals surface area contributed by atoms with E-state index >= 15 is 0 Å². The summed E-state index contributed by atoms with van der Waals surface area (Å²) < 4.78 is 35.2. The number of carbonyl (C=O) groups is 1. The molecule has 88 valence electrons. The van der Waals surface area contributed by atoms with E-state index in [2.05, 4.69) is 20.7 Å². The second-order valence-electron chi connectivity index (χ2n) is 2.88. The van der Waals surface area contributed by atoms with Crippen LogP contribution in [-0.2, 0) is 9.53 Å². The minimum absolute atomic E-state index is 0.146. The van der Waals surface area contributed by atoms with Crippen LogP contribution in [0.4, 0.5) is 8.78 Å². The summed E-state index contributed by atoms with van der Waals surface area (Å²) in [4.78, 5) is 10.2. The van der Waals surface area contributed by atoms with Crippen molar-refractivity contribution in [3.05, 3.63) is 29.8 Å². The first-order valence-corrected chi connectivity index (χ1v) is 5.26. The summed E-state index contributed by atoms with van der Waals surface area (Å²) in [6.45, 7) is -0.146. The van der Waals surface area contributed by atoms with E-state index in [0.717, 1.165) is 18.2 Å². The fourth-order valence-corrected chi connectivity index (χ4v) is 1.27. The third-order valence-corrected chi connectivity index (χ3v) is 2.37. The number of rotatable bonds is 4. The van der Waals surface area contributed by atoms with Crippen LogP contribution in [0.3, 0.4) is 0 Å². The molecular formula is C10H9BrF2O3. The van der Waals surface area contributed by atoms with Crippen LogP contribution in [0.1, 0.15) is 0 Å². The zero-order valence-electron chi connectivity index (χ0n) is 8.38. The maximum atomic E-state index is 13.1. The maximum absolute atomic E-state index is 13.1. The van der Waals surface area contributed by atoms with E-state index in [1.54, 1.807) is 0 Å². The molecule has 0 amide bonds. The Morgan fingerprint density at radius 3 is 2.81 bits per heavy atom. The van der Waals surface area contributed by atoms with Crippen molar-refractivity contribution in [2.45, 2.75) is 4.83 Å². The first kappa shape index (κ1) is 12.9. The third kappa shape index (κ3) is 3.44. The van der Waals surface area contributed by atoms with Crippen molar-refractivity contribution in [1.29, 1.82) is 0 Å². The Balaban J connectivity index is 2.60. The lowest BCUT2D eigenvalue weighted by Crippen LogP contribution is -2.23. The van der Waals surface area contributed by atoms with Gasteiger partial charge in [-0.25, -0.2) is 8.78 Å². The molecule has 1 unspecified atom stereocenters. The highest BCUT2D eigenvalue weighted by molar-refractivity contribution is 9.10. The SMILES string of the molecule is COC(=O)C(Br)COc1cc(F)ccc1F. The van der Waals surface area contributed by atoms with E-state index in [-0.39, 0.29) is 12.4 Å². The summed E-state index contributed by atoms with van der Waals surface area (Å²) in [6, 6.07) is 2.84. The minimum atomic E-state index is -0.722. The molecule has 0 aliphatic heterocycles. The van der Waals surface area contributed by atoms with Gasteiger partial charge >= 0.3 is 5.97 Å². The monoisotopic (exact) mass is 294 g/mol. The van der Waals surface area contributed by atoms with E-state index in [4.69, 9.17) is 4.74 Å². The molecule has 0 heterocycles. The Hall–Kier alpha value is -1.17. The summed E-state index contributed by atoms with van der Waals surface area (Å²) >= 11 is 2.99. The number of hydrogen-bond acceptors (Lipinski definition) is 3. The highest BCUT2D eigenvalue weighted by Gasteiger charge is 2.17. The molecule has 0 N–H and O–H groups in total. The molecule has 0 radical (unpaired) electrons. The van der Waals surface area contributed by atoms with Crippen LogP contribution in [-0.4, -0.2) is 24.5 Å². The summed E-state index contributed by atoms with van der Waals surface area (Å²) in [5.41, 5.74) is 0. The smallest absolute Gasteiger partial charge is 0.322 e. The Bertz CT molecular complexity index is 384. The topological polar surface area (TPSA) is 35.5 Å². The number of halogens is 3. The molecule has 6 heteroatoms. The summed E-state index contributed by atoms with van der Waals surface area (Å²) in [7, 11) is 1.22. The van der Waals surface area contributed by atoms with E-state index in [9.17, 15) is 13.6 Å². The first-order chi connectivity index (χ1) is 7.54. The van der Waals surface area contributed by atoms with Crippen molar-refractivity contribution in [3.8, 4) is 5.75 Å². The Morgan fingerprint density at radius 1 is 1.50 bits per heavy atom. The number of ether oxygens (including phenoxy) is 2. The molecule has 3 nitrogen and oxygen atoms in total. The van der Waals surface area contributed by atoms with Crippen molar-refractivity contribution in [1.82, 2.24) is 0 Å². The van der Waals surface area contributed by atoms with Crippen LogP contribution in [0.25, 0.3) is 0 Å². The average molecular weight is 295 g/mol. The molecule has 1 aromatic rings. The molecule has 1 aromatic carbocycles. The first-order valence-electron chi connectivity index (χ1n) is 4.34. The van der Waals surface area contributed by atoms with Crippen LogP contribution in [0.5, 0.6) is 5.75 Å². The van der Waals surface area contributed by atoms with Crippen molar-refractivity contribution in [3.63, 3.8) is 0 Å². The molecule has 0 spiro atoms. The molecule has 0 saturated heterocycles. The van der Waals surface area contributed by atoms with Gasteiger partial charge in [0.05, 0.1) is 7.11 Å². The molecule has 0 bridgehead atoms. The third-order valence-electron chi connectivity index (χ3n) is 1.74. The average Bonchev–Trinajstić information content (AvgIpc) is 2.28. The van der Waals surface area contributed by atoms with E-state index in [0.29, 0.717) is 0 Å². The van der Waals surface area contributed by atoms with Gasteiger partial charge in [-0.1, -0.05) is 15.9 Å². The molecule has 0 fully saturated rings. The van der Waals surface area contributed by atoms with Gasteiger partial charge in [-0.3, -0.25) is 4.79 Å². The minimum Gasteiger partial charge on any atom is -0.489 e. The van der Waals surface area contributed by atoms with Gasteiger partial charge in [0.15, 0.2) is 11.6 Å². The van der Waals surface area contributed by atoms with E-state index < -0.39 is 22.4 Å². The Kier molecular flexibility index (Phi) is 4.67. The van der Waals surface area contributed by atoms with E-state index in [1.165, 1.54) is 7.11 Å². The fraction of sp³-hybridized carbons (Fsp3) is 0.300. The number of methoxy groups -OCH3 is 1. The van der Waals surface area contributed by atoms with Crippen LogP contribution in [0.15, 0.2) is 18.2 Å². The van der Waals surface area contributed by atoms with Crippen LogP contribution in [0.2, 0.25) is 0 Å². The molecule has 0 aromatic heterocycles. The maximum Gasteiger partial charge on any atom is 0.322 e. The quantitative estimate of drug-likeness (QED) is 0.631. The highest BCUT2D eigenvalue weighted by Crippen LogP contribution is 2.18. The van der Waals surface area contributed by atoms with Gasteiger partial charge in [-0.2, -0.15) is 0 Å². The second-order valence-corrected chi connectivity index (χ2v) is 3.98. The Labute approximate surface area is 99.5 Å². The lowest BCUT2D eigenvalue weighted by Gasteiger charge is -2.10. The van der Waals surface area contributed by atoms with Gasteiger partial charge in [0.2, 0.25) is 0 Å². The molecule has 0 aliphatic carbocycles. The molecule has 1 atom stereocenters. The van der Waals surface area contributed by atoms with E-state index in [1.807, 2.05) is 0 Å². The van der Waals surface area contributed by atoms with Gasteiger partial charge in [-0.15, -0.1) is 0 Å². The molecule has 0 aliphatic rings. The van der Waals surface area contributed by atoms with Crippen LogP contribution >= 0.6 is 15.9 Å². The number of esters is 1. The van der Waals surface area contributed by atoms with Gasteiger partial charge in [0.25, 0.3) is 0 Å². The van der Waals surface area contributed by atoms with Gasteiger partial charge in [0, 0.05) is 6.07 Å². The fourth-order valence-electron chi connectivity index (χ4n) is 0.947. The number of benzene rings is 1. The van der Waals surface area contributed by atoms with Gasteiger partial charge in [-0.05, 0) is 12.1 Å². The number of hydrogen-bond donors (Lipinski definition) is 0. The lowest BCUT2D eigenvalue weighted by atomic mass is 10.3. The van der Waals surface area contributed by atoms with Crippen LogP contribution < -0.4 is 4.74 Å². The van der Waals surface area contributed by atoms with Crippen LogP contribution in [0, 0.1) is 11.6 Å². The van der Waals surface area contributed by atoms with Crippen molar-refractivity contribution >= 4 is 21.9 Å². The van der Waals surface area contributed by atoms with Crippen molar-refractivity contribution in [2.75, 3.05) is 13.7 Å². The molecular weight excluding hydrogens is 286 g/mol.